The molecule has 0 unspecified atom stereocenters. The highest BCUT2D eigenvalue weighted by atomic mass is 35.5. The number of hydrogen-bond donors (Lipinski definition) is 1. The van der Waals surface area contributed by atoms with E-state index in [0.29, 0.717) is 22.1 Å². The third kappa shape index (κ3) is 3.59. The van der Waals surface area contributed by atoms with Crippen molar-refractivity contribution in [2.75, 3.05) is 0 Å². The van der Waals surface area contributed by atoms with Crippen LogP contribution in [0.25, 0.3) is 6.08 Å². The van der Waals surface area contributed by atoms with Gasteiger partial charge >= 0.3 is 5.97 Å². The summed E-state index contributed by atoms with van der Waals surface area (Å²) in [5, 5.41) is 12.6. The van der Waals surface area contributed by atoms with Gasteiger partial charge in [0.1, 0.15) is 12.4 Å². The maximum absolute atomic E-state index is 10.5. The van der Waals surface area contributed by atoms with Crippen molar-refractivity contribution < 1.29 is 19.2 Å². The van der Waals surface area contributed by atoms with E-state index in [0.717, 1.165) is 6.08 Å². The molecule has 0 bridgehead atoms. The fourth-order valence-corrected chi connectivity index (χ4v) is 1.67. The van der Waals surface area contributed by atoms with Gasteiger partial charge in [0.15, 0.2) is 5.76 Å². The summed E-state index contributed by atoms with van der Waals surface area (Å²) in [6.45, 7) is 0.164. The number of hydrogen-bond acceptors (Lipinski definition) is 4. The summed E-state index contributed by atoms with van der Waals surface area (Å²) < 4.78 is 10.4. The molecule has 0 amide bonds. The fourth-order valence-electron chi connectivity index (χ4n) is 1.43. The van der Waals surface area contributed by atoms with Crippen LogP contribution >= 0.6 is 11.6 Å². The SMILES string of the molecule is O=C(O)/C=C/c1cccc(Cl)c1OCc1ccno1. The molecule has 0 atom stereocenters. The number of ether oxygens (including phenoxy) is 1. The number of carbonyl (C=O) groups is 1. The second-order valence-electron chi connectivity index (χ2n) is 3.60. The molecule has 1 N–H and O–H groups in total. The van der Waals surface area contributed by atoms with Gasteiger partial charge in [-0.3, -0.25) is 0 Å². The molecule has 6 heteroatoms. The normalized spacial score (nSPS) is 10.8. The molecule has 0 aliphatic rings. The predicted octanol–water partition coefficient (Wildman–Crippen LogP) is 3.00. The highest BCUT2D eigenvalue weighted by Gasteiger charge is 2.08. The third-order valence-electron chi connectivity index (χ3n) is 2.25. The Labute approximate surface area is 114 Å². The van der Waals surface area contributed by atoms with Crippen LogP contribution in [0.2, 0.25) is 5.02 Å². The summed E-state index contributed by atoms with van der Waals surface area (Å²) >= 11 is 6.03. The maximum atomic E-state index is 10.5. The van der Waals surface area contributed by atoms with Gasteiger partial charge in [0.25, 0.3) is 0 Å². The van der Waals surface area contributed by atoms with E-state index < -0.39 is 5.97 Å². The van der Waals surface area contributed by atoms with Crippen molar-refractivity contribution in [3.05, 3.63) is 52.9 Å². The van der Waals surface area contributed by atoms with Gasteiger partial charge in [0.05, 0.1) is 11.2 Å². The first-order valence-electron chi connectivity index (χ1n) is 5.38. The summed E-state index contributed by atoms with van der Waals surface area (Å²) in [6, 6.07) is 6.76. The van der Waals surface area contributed by atoms with Crippen molar-refractivity contribution in [3.63, 3.8) is 0 Å². The number of aromatic nitrogens is 1. The van der Waals surface area contributed by atoms with Crippen LogP contribution in [0.5, 0.6) is 5.75 Å². The van der Waals surface area contributed by atoms with E-state index in [9.17, 15) is 4.79 Å². The van der Waals surface area contributed by atoms with Crippen molar-refractivity contribution >= 4 is 23.6 Å². The number of rotatable bonds is 5. The molecule has 2 rings (SSSR count). The average molecular weight is 280 g/mol. The zero-order valence-corrected chi connectivity index (χ0v) is 10.5. The van der Waals surface area contributed by atoms with Gasteiger partial charge in [-0.05, 0) is 12.1 Å². The smallest absolute Gasteiger partial charge is 0.328 e. The quantitative estimate of drug-likeness (QED) is 0.852. The van der Waals surface area contributed by atoms with E-state index in [1.165, 1.54) is 12.3 Å². The van der Waals surface area contributed by atoms with E-state index in [1.807, 2.05) is 0 Å². The summed E-state index contributed by atoms with van der Waals surface area (Å²) in [5.74, 6) is -0.0905. The molecule has 98 valence electrons. The van der Waals surface area contributed by atoms with E-state index in [-0.39, 0.29) is 6.61 Å². The number of carboxylic acid groups (broad SMARTS) is 1. The molecule has 1 aromatic carbocycles. The molecule has 1 aromatic heterocycles. The van der Waals surface area contributed by atoms with Gasteiger partial charge in [0, 0.05) is 17.7 Å². The Morgan fingerprint density at radius 3 is 3.00 bits per heavy atom. The van der Waals surface area contributed by atoms with Crippen molar-refractivity contribution in [1.82, 2.24) is 5.16 Å². The number of aliphatic carboxylic acids is 1. The van der Waals surface area contributed by atoms with E-state index in [2.05, 4.69) is 5.16 Å². The second kappa shape index (κ2) is 6.06. The van der Waals surface area contributed by atoms with Crippen LogP contribution in [0.3, 0.4) is 0 Å². The molecule has 0 fully saturated rings. The lowest BCUT2D eigenvalue weighted by atomic mass is 10.2. The van der Waals surface area contributed by atoms with Crippen LogP contribution in [0.1, 0.15) is 11.3 Å². The summed E-state index contributed by atoms with van der Waals surface area (Å²) in [7, 11) is 0. The molecule has 0 saturated carbocycles. The largest absolute Gasteiger partial charge is 0.483 e. The van der Waals surface area contributed by atoms with Crippen molar-refractivity contribution in [2.45, 2.75) is 6.61 Å². The molecule has 0 aliphatic carbocycles. The molecule has 1 heterocycles. The van der Waals surface area contributed by atoms with E-state index >= 15 is 0 Å². The monoisotopic (exact) mass is 279 g/mol. The molecule has 0 saturated heterocycles. The number of halogens is 1. The molecule has 2 aromatic rings. The van der Waals surface area contributed by atoms with Gasteiger partial charge < -0.3 is 14.4 Å². The van der Waals surface area contributed by atoms with Crippen LogP contribution in [-0.4, -0.2) is 16.2 Å². The Morgan fingerprint density at radius 2 is 2.32 bits per heavy atom. The van der Waals surface area contributed by atoms with Gasteiger partial charge in [-0.15, -0.1) is 0 Å². The van der Waals surface area contributed by atoms with Crippen LogP contribution in [0, 0.1) is 0 Å². The first kappa shape index (κ1) is 13.2. The molecule has 19 heavy (non-hydrogen) atoms. The minimum Gasteiger partial charge on any atom is -0.483 e. The molecule has 0 aliphatic heterocycles. The van der Waals surface area contributed by atoms with Gasteiger partial charge in [-0.2, -0.15) is 0 Å². The van der Waals surface area contributed by atoms with E-state index in [1.54, 1.807) is 24.3 Å². The molecule has 5 nitrogen and oxygen atoms in total. The Bertz CT molecular complexity index is 593. The highest BCUT2D eigenvalue weighted by molar-refractivity contribution is 6.32. The van der Waals surface area contributed by atoms with Crippen molar-refractivity contribution in [3.8, 4) is 5.75 Å². The Balaban J connectivity index is 2.20. The van der Waals surface area contributed by atoms with Crippen molar-refractivity contribution in [2.24, 2.45) is 0 Å². The molecular formula is C13H10ClNO4. The number of carboxylic acids is 1. The van der Waals surface area contributed by atoms with Crippen LogP contribution in [0.15, 0.2) is 41.1 Å². The Hall–Kier alpha value is -2.27. The highest BCUT2D eigenvalue weighted by Crippen LogP contribution is 2.30. The molecule has 0 radical (unpaired) electrons. The van der Waals surface area contributed by atoms with Crippen LogP contribution in [0.4, 0.5) is 0 Å². The Morgan fingerprint density at radius 1 is 1.47 bits per heavy atom. The first-order valence-corrected chi connectivity index (χ1v) is 5.76. The zero-order valence-electron chi connectivity index (χ0n) is 9.75. The topological polar surface area (TPSA) is 72.6 Å². The molecular weight excluding hydrogens is 270 g/mol. The third-order valence-corrected chi connectivity index (χ3v) is 2.55. The lowest BCUT2D eigenvalue weighted by Crippen LogP contribution is -1.97. The minimum absolute atomic E-state index is 0.164. The average Bonchev–Trinajstić information content (AvgIpc) is 2.88. The minimum atomic E-state index is -1.04. The number of nitrogens with zero attached hydrogens (tertiary/aromatic N) is 1. The number of para-hydroxylation sites is 1. The first-order chi connectivity index (χ1) is 9.16. The molecule has 0 spiro atoms. The maximum Gasteiger partial charge on any atom is 0.328 e. The van der Waals surface area contributed by atoms with Gasteiger partial charge in [-0.25, -0.2) is 4.79 Å². The zero-order chi connectivity index (χ0) is 13.7. The van der Waals surface area contributed by atoms with Crippen molar-refractivity contribution in [1.29, 1.82) is 0 Å². The lowest BCUT2D eigenvalue weighted by molar-refractivity contribution is -0.131. The summed E-state index contributed by atoms with van der Waals surface area (Å²) in [5.41, 5.74) is 0.578. The number of benzene rings is 1. The van der Waals surface area contributed by atoms with E-state index in [4.69, 9.17) is 26.0 Å². The van der Waals surface area contributed by atoms with Crippen LogP contribution in [-0.2, 0) is 11.4 Å². The predicted molar refractivity (Wildman–Crippen MR) is 69.0 cm³/mol. The Kier molecular flexibility index (Phi) is 4.20. The van der Waals surface area contributed by atoms with Crippen LogP contribution < -0.4 is 4.74 Å². The second-order valence-corrected chi connectivity index (χ2v) is 4.00. The lowest BCUT2D eigenvalue weighted by Gasteiger charge is -2.09. The standard InChI is InChI=1S/C13H10ClNO4/c14-11-3-1-2-9(4-5-12(16)17)13(11)18-8-10-6-7-15-19-10/h1-7H,8H2,(H,16,17)/b5-4+. The van der Waals surface area contributed by atoms with Gasteiger partial charge in [-0.1, -0.05) is 28.9 Å². The summed E-state index contributed by atoms with van der Waals surface area (Å²) in [6.07, 6.45) is 3.95. The fraction of sp³-hybridized carbons (Fsp3) is 0.0769. The van der Waals surface area contributed by atoms with Gasteiger partial charge in [0.2, 0.25) is 0 Å². The summed E-state index contributed by atoms with van der Waals surface area (Å²) in [4.78, 5) is 10.5.